The van der Waals surface area contributed by atoms with Crippen LogP contribution < -0.4 is 20.2 Å². The monoisotopic (exact) mass is 260 g/mol. The van der Waals surface area contributed by atoms with Gasteiger partial charge in [0.25, 0.3) is 0 Å². The predicted octanol–water partition coefficient (Wildman–Crippen LogP) is 1.19. The summed E-state index contributed by atoms with van der Waals surface area (Å²) in [4.78, 5) is 15.8. The number of benzene rings is 1. The Balaban J connectivity index is 2.33. The van der Waals surface area contributed by atoms with Gasteiger partial charge in [-0.1, -0.05) is 0 Å². The van der Waals surface area contributed by atoms with Crippen molar-refractivity contribution in [3.8, 4) is 11.5 Å². The predicted molar refractivity (Wildman–Crippen MR) is 73.1 cm³/mol. The Morgan fingerprint density at radius 2 is 1.89 bits per heavy atom. The zero-order chi connectivity index (χ0) is 13.4. The van der Waals surface area contributed by atoms with Gasteiger partial charge < -0.3 is 19.8 Å². The molecular weight excluding hydrogens is 244 g/mol. The van der Waals surface area contributed by atoms with Gasteiger partial charge in [0.2, 0.25) is 0 Å². The minimum absolute atomic E-state index is 0.0666. The van der Waals surface area contributed by atoms with E-state index < -0.39 is 0 Å². The van der Waals surface area contributed by atoms with Crippen LogP contribution in [0, 0.1) is 0 Å². The van der Waals surface area contributed by atoms with Gasteiger partial charge in [0.1, 0.15) is 0 Å². The molecule has 0 bridgehead atoms. The van der Waals surface area contributed by atoms with E-state index in [0.29, 0.717) is 23.4 Å². The lowest BCUT2D eigenvalue weighted by Gasteiger charge is -2.18. The molecule has 1 aromatic carbocycles. The molecule has 1 aromatic heterocycles. The van der Waals surface area contributed by atoms with Gasteiger partial charge >= 0.3 is 0 Å². The second kappa shape index (κ2) is 4.59. The fourth-order valence-electron chi connectivity index (χ4n) is 2.54. The Morgan fingerprint density at radius 1 is 1.16 bits per heavy atom. The van der Waals surface area contributed by atoms with Gasteiger partial charge in [-0.05, 0) is 6.07 Å². The van der Waals surface area contributed by atoms with Crippen molar-refractivity contribution < 1.29 is 9.47 Å². The van der Waals surface area contributed by atoms with Gasteiger partial charge in [-0.25, -0.2) is 0 Å². The number of nitrogens with one attached hydrogen (secondary N) is 2. The topological polar surface area (TPSA) is 63.4 Å². The van der Waals surface area contributed by atoms with E-state index in [1.54, 1.807) is 20.3 Å². The van der Waals surface area contributed by atoms with E-state index in [1.165, 1.54) is 0 Å². The molecule has 0 saturated carbocycles. The number of fused-ring (bicyclic) bond motifs is 2. The normalized spacial score (nSPS) is 14.2. The maximum atomic E-state index is 12.5. The van der Waals surface area contributed by atoms with Gasteiger partial charge in [0.05, 0.1) is 19.7 Å². The molecule has 1 aliphatic heterocycles. The number of aromatic amines is 1. The summed E-state index contributed by atoms with van der Waals surface area (Å²) in [5.41, 5.74) is 2.70. The molecule has 3 rings (SSSR count). The molecule has 0 fully saturated rings. The highest BCUT2D eigenvalue weighted by Crippen LogP contribution is 2.30. The molecule has 100 valence electrons. The maximum Gasteiger partial charge on any atom is 0.194 e. The van der Waals surface area contributed by atoms with E-state index in [1.807, 2.05) is 6.07 Å². The van der Waals surface area contributed by atoms with Crippen LogP contribution in [0.5, 0.6) is 11.5 Å². The zero-order valence-electron chi connectivity index (χ0n) is 11.0. The Morgan fingerprint density at radius 3 is 2.63 bits per heavy atom. The first kappa shape index (κ1) is 12.0. The summed E-state index contributed by atoms with van der Waals surface area (Å²) in [6.45, 7) is 1.51. The molecule has 2 aromatic rings. The van der Waals surface area contributed by atoms with E-state index >= 15 is 0 Å². The van der Waals surface area contributed by atoms with Crippen LogP contribution in [0.3, 0.4) is 0 Å². The molecule has 19 heavy (non-hydrogen) atoms. The second-order valence-corrected chi connectivity index (χ2v) is 4.59. The van der Waals surface area contributed by atoms with Crippen LogP contribution in [-0.2, 0) is 13.0 Å². The van der Waals surface area contributed by atoms with Gasteiger partial charge in [-0.2, -0.15) is 0 Å². The summed E-state index contributed by atoms with van der Waals surface area (Å²) in [7, 11) is 3.15. The first-order valence-corrected chi connectivity index (χ1v) is 6.25. The molecule has 0 unspecified atom stereocenters. The van der Waals surface area contributed by atoms with Crippen LogP contribution in [0.25, 0.3) is 10.9 Å². The summed E-state index contributed by atoms with van der Waals surface area (Å²) in [6.07, 6.45) is 0.842. The first-order chi connectivity index (χ1) is 9.24. The van der Waals surface area contributed by atoms with Crippen LogP contribution in [0.1, 0.15) is 11.3 Å². The number of hydrogen-bond acceptors (Lipinski definition) is 4. The zero-order valence-corrected chi connectivity index (χ0v) is 11.0. The van der Waals surface area contributed by atoms with Crippen LogP contribution in [0.15, 0.2) is 16.9 Å². The molecular formula is C14H16N2O3. The minimum atomic E-state index is 0.0666. The standard InChI is InChI=1S/C14H16N2O3/c1-18-12-5-8-11(6-13(12)19-2)16-10-3-4-15-7-9(10)14(8)17/h5-6,15H,3-4,7H2,1-2H3,(H,16,17). The largest absolute Gasteiger partial charge is 0.493 e. The van der Waals surface area contributed by atoms with Crippen molar-refractivity contribution >= 4 is 10.9 Å². The summed E-state index contributed by atoms with van der Waals surface area (Å²) in [5, 5.41) is 3.86. The average Bonchev–Trinajstić information content (AvgIpc) is 2.46. The Hall–Kier alpha value is -2.01. The van der Waals surface area contributed by atoms with Crippen LogP contribution in [0.4, 0.5) is 0 Å². The first-order valence-electron chi connectivity index (χ1n) is 6.25. The van der Waals surface area contributed by atoms with E-state index in [0.717, 1.165) is 29.7 Å². The summed E-state index contributed by atoms with van der Waals surface area (Å²) in [6, 6.07) is 3.56. The Labute approximate surface area is 110 Å². The maximum absolute atomic E-state index is 12.5. The van der Waals surface area contributed by atoms with Crippen LogP contribution in [0.2, 0.25) is 0 Å². The molecule has 0 amide bonds. The van der Waals surface area contributed by atoms with Crippen molar-refractivity contribution in [2.45, 2.75) is 13.0 Å². The lowest BCUT2D eigenvalue weighted by atomic mass is 10.0. The van der Waals surface area contributed by atoms with E-state index in [2.05, 4.69) is 10.3 Å². The van der Waals surface area contributed by atoms with Crippen molar-refractivity contribution in [2.24, 2.45) is 0 Å². The summed E-state index contributed by atoms with van der Waals surface area (Å²) in [5.74, 6) is 1.20. The highest BCUT2D eigenvalue weighted by atomic mass is 16.5. The molecule has 0 radical (unpaired) electrons. The van der Waals surface area contributed by atoms with Gasteiger partial charge in [0, 0.05) is 42.2 Å². The molecule has 1 aliphatic rings. The number of ether oxygens (including phenoxy) is 2. The molecule has 0 saturated heterocycles. The Bertz CT molecular complexity index is 686. The van der Waals surface area contributed by atoms with Crippen molar-refractivity contribution in [3.63, 3.8) is 0 Å². The van der Waals surface area contributed by atoms with Gasteiger partial charge in [-0.3, -0.25) is 4.79 Å². The molecule has 0 aliphatic carbocycles. The number of H-pyrrole nitrogens is 1. The molecule has 5 heteroatoms. The number of rotatable bonds is 2. The van der Waals surface area contributed by atoms with E-state index in [9.17, 15) is 4.79 Å². The van der Waals surface area contributed by atoms with Crippen LogP contribution >= 0.6 is 0 Å². The van der Waals surface area contributed by atoms with Crippen molar-refractivity contribution in [1.29, 1.82) is 0 Å². The molecule has 2 heterocycles. The SMILES string of the molecule is COc1cc2[nH]c3c(c(=O)c2cc1OC)CNCC3. The highest BCUT2D eigenvalue weighted by Gasteiger charge is 2.17. The van der Waals surface area contributed by atoms with E-state index in [4.69, 9.17) is 9.47 Å². The third kappa shape index (κ3) is 1.86. The van der Waals surface area contributed by atoms with Crippen LogP contribution in [-0.4, -0.2) is 25.7 Å². The van der Waals surface area contributed by atoms with Crippen molar-refractivity contribution in [2.75, 3.05) is 20.8 Å². The number of aromatic nitrogens is 1. The fourth-order valence-corrected chi connectivity index (χ4v) is 2.54. The smallest absolute Gasteiger partial charge is 0.194 e. The van der Waals surface area contributed by atoms with Crippen molar-refractivity contribution in [3.05, 3.63) is 33.6 Å². The highest BCUT2D eigenvalue weighted by molar-refractivity contribution is 5.83. The third-order valence-corrected chi connectivity index (χ3v) is 3.55. The minimum Gasteiger partial charge on any atom is -0.493 e. The molecule has 0 atom stereocenters. The molecule has 0 spiro atoms. The van der Waals surface area contributed by atoms with E-state index in [-0.39, 0.29) is 5.43 Å². The van der Waals surface area contributed by atoms with Gasteiger partial charge in [-0.15, -0.1) is 0 Å². The number of methoxy groups -OCH3 is 2. The molecule has 5 nitrogen and oxygen atoms in total. The lowest BCUT2D eigenvalue weighted by molar-refractivity contribution is 0.355. The summed E-state index contributed by atoms with van der Waals surface area (Å²) >= 11 is 0. The third-order valence-electron chi connectivity index (χ3n) is 3.55. The Kier molecular flexibility index (Phi) is 2.91. The number of hydrogen-bond donors (Lipinski definition) is 2. The molecule has 2 N–H and O–H groups in total. The average molecular weight is 260 g/mol. The summed E-state index contributed by atoms with van der Waals surface area (Å²) < 4.78 is 10.5. The lowest BCUT2D eigenvalue weighted by Crippen LogP contribution is -2.30. The van der Waals surface area contributed by atoms with Crippen molar-refractivity contribution in [1.82, 2.24) is 10.3 Å². The second-order valence-electron chi connectivity index (χ2n) is 4.59. The fraction of sp³-hybridized carbons (Fsp3) is 0.357. The van der Waals surface area contributed by atoms with Gasteiger partial charge in [0.15, 0.2) is 16.9 Å². The quantitative estimate of drug-likeness (QED) is 0.851. The number of pyridine rings is 1.